The number of anilines is 1. The molecule has 0 radical (unpaired) electrons. The molecular formula is C19H19BrN2O3S. The first-order valence-corrected chi connectivity index (χ1v) is 9.54. The zero-order valence-electron chi connectivity index (χ0n) is 14.5. The van der Waals surface area contributed by atoms with E-state index in [1.54, 1.807) is 62.6 Å². The molecule has 1 N–H and O–H groups in total. The van der Waals surface area contributed by atoms with Crippen LogP contribution in [0.15, 0.2) is 57.9 Å². The largest absolute Gasteiger partial charge is 0.339 e. The van der Waals surface area contributed by atoms with E-state index in [0.717, 1.165) is 21.1 Å². The highest BCUT2D eigenvalue weighted by molar-refractivity contribution is 9.10. The maximum Gasteiger partial charge on any atom is 0.285 e. The van der Waals surface area contributed by atoms with E-state index in [9.17, 15) is 14.4 Å². The molecule has 0 aliphatic carbocycles. The molecule has 0 unspecified atom stereocenters. The molecule has 0 aliphatic heterocycles. The second-order valence-electron chi connectivity index (χ2n) is 5.77. The minimum atomic E-state index is -0.222. The van der Waals surface area contributed by atoms with Crippen LogP contribution in [0.25, 0.3) is 0 Å². The molecule has 2 rings (SSSR count). The van der Waals surface area contributed by atoms with E-state index in [0.29, 0.717) is 11.3 Å². The van der Waals surface area contributed by atoms with Gasteiger partial charge in [0, 0.05) is 47.6 Å². The molecular weight excluding hydrogens is 416 g/mol. The van der Waals surface area contributed by atoms with Gasteiger partial charge in [-0.1, -0.05) is 28.1 Å². The van der Waals surface area contributed by atoms with Crippen LogP contribution in [0.5, 0.6) is 0 Å². The summed E-state index contributed by atoms with van der Waals surface area (Å²) in [6.45, 7) is 0. The standard InChI is InChI=1S/C19H19BrN2O3S/c1-22(2)19(25)26-16-9-7-15(8-10-16)21-18(24)12-11-17(23)13-3-5-14(20)6-4-13/h3-10H,11-12H2,1-2H3,(H,21,24). The SMILES string of the molecule is CN(C)C(=O)Sc1ccc(NC(=O)CCC(=O)c2ccc(Br)cc2)cc1. The van der Waals surface area contributed by atoms with E-state index >= 15 is 0 Å². The first-order chi connectivity index (χ1) is 12.3. The normalized spacial score (nSPS) is 10.3. The fourth-order valence-corrected chi connectivity index (χ4v) is 2.95. The molecule has 0 spiro atoms. The van der Waals surface area contributed by atoms with Gasteiger partial charge in [0.1, 0.15) is 0 Å². The number of amides is 2. The average molecular weight is 435 g/mol. The average Bonchev–Trinajstić information content (AvgIpc) is 2.62. The third kappa shape index (κ3) is 6.31. The van der Waals surface area contributed by atoms with Gasteiger partial charge in [0.15, 0.2) is 5.78 Å². The van der Waals surface area contributed by atoms with Crippen LogP contribution in [-0.2, 0) is 4.79 Å². The van der Waals surface area contributed by atoms with Crippen molar-refractivity contribution in [2.45, 2.75) is 17.7 Å². The van der Waals surface area contributed by atoms with Crippen molar-refractivity contribution >= 4 is 50.3 Å². The molecule has 26 heavy (non-hydrogen) atoms. The second kappa shape index (κ2) is 9.54. The Morgan fingerprint density at radius 3 is 2.15 bits per heavy atom. The van der Waals surface area contributed by atoms with Gasteiger partial charge < -0.3 is 10.2 Å². The van der Waals surface area contributed by atoms with Crippen LogP contribution in [0.2, 0.25) is 0 Å². The quantitative estimate of drug-likeness (QED) is 0.522. The van der Waals surface area contributed by atoms with Crippen LogP contribution < -0.4 is 5.32 Å². The van der Waals surface area contributed by atoms with E-state index < -0.39 is 0 Å². The van der Waals surface area contributed by atoms with E-state index in [-0.39, 0.29) is 29.8 Å². The Bertz CT molecular complexity index is 789. The number of benzene rings is 2. The molecule has 136 valence electrons. The summed E-state index contributed by atoms with van der Waals surface area (Å²) < 4.78 is 0.903. The number of ketones is 1. The summed E-state index contributed by atoms with van der Waals surface area (Å²) in [6.07, 6.45) is 0.267. The molecule has 0 fully saturated rings. The summed E-state index contributed by atoms with van der Waals surface area (Å²) in [4.78, 5) is 38.0. The van der Waals surface area contributed by atoms with Crippen LogP contribution in [0.1, 0.15) is 23.2 Å². The highest BCUT2D eigenvalue weighted by Gasteiger charge is 2.10. The predicted molar refractivity (Wildman–Crippen MR) is 108 cm³/mol. The first-order valence-electron chi connectivity index (χ1n) is 7.93. The number of thioether (sulfide) groups is 1. The topological polar surface area (TPSA) is 66.5 Å². The Balaban J connectivity index is 1.83. The highest BCUT2D eigenvalue weighted by atomic mass is 79.9. The van der Waals surface area contributed by atoms with Gasteiger partial charge in [-0.2, -0.15) is 0 Å². The lowest BCUT2D eigenvalue weighted by Gasteiger charge is -2.10. The van der Waals surface area contributed by atoms with E-state index in [4.69, 9.17) is 0 Å². The fraction of sp³-hybridized carbons (Fsp3) is 0.211. The van der Waals surface area contributed by atoms with Crippen molar-refractivity contribution in [3.63, 3.8) is 0 Å². The summed E-state index contributed by atoms with van der Waals surface area (Å²) in [7, 11) is 3.39. The van der Waals surface area contributed by atoms with Gasteiger partial charge >= 0.3 is 0 Å². The molecule has 2 aromatic carbocycles. The molecule has 2 aromatic rings. The minimum absolute atomic E-state index is 0.0618. The number of nitrogens with zero attached hydrogens (tertiary/aromatic N) is 1. The number of carbonyl (C=O) groups is 3. The minimum Gasteiger partial charge on any atom is -0.339 e. The zero-order valence-corrected chi connectivity index (χ0v) is 16.9. The van der Waals surface area contributed by atoms with E-state index in [2.05, 4.69) is 21.2 Å². The number of hydrogen-bond acceptors (Lipinski definition) is 4. The van der Waals surface area contributed by atoms with Crippen molar-refractivity contribution < 1.29 is 14.4 Å². The third-order valence-electron chi connectivity index (χ3n) is 3.45. The van der Waals surface area contributed by atoms with Crippen LogP contribution >= 0.6 is 27.7 Å². The molecule has 0 heterocycles. The number of nitrogens with one attached hydrogen (secondary N) is 1. The van der Waals surface area contributed by atoms with Crippen LogP contribution in [0, 0.1) is 0 Å². The molecule has 0 saturated heterocycles. The van der Waals surface area contributed by atoms with Crippen molar-refractivity contribution in [3.05, 3.63) is 58.6 Å². The Morgan fingerprint density at radius 2 is 1.58 bits per heavy atom. The molecule has 0 bridgehead atoms. The monoisotopic (exact) mass is 434 g/mol. The lowest BCUT2D eigenvalue weighted by Crippen LogP contribution is -2.16. The number of halogens is 1. The van der Waals surface area contributed by atoms with E-state index in [1.165, 1.54) is 4.90 Å². The molecule has 5 nitrogen and oxygen atoms in total. The van der Waals surface area contributed by atoms with Gasteiger partial charge in [-0.05, 0) is 48.2 Å². The number of carbonyl (C=O) groups excluding carboxylic acids is 3. The van der Waals surface area contributed by atoms with Gasteiger partial charge in [0.2, 0.25) is 5.91 Å². The van der Waals surface area contributed by atoms with Crippen molar-refractivity contribution in [3.8, 4) is 0 Å². The number of hydrogen-bond donors (Lipinski definition) is 1. The summed E-state index contributed by atoms with van der Waals surface area (Å²) in [5.41, 5.74) is 1.22. The number of Topliss-reactive ketones (excluding diaryl/α,β-unsaturated/α-hetero) is 1. The van der Waals surface area contributed by atoms with Crippen molar-refractivity contribution in [1.82, 2.24) is 4.90 Å². The Labute approximate surface area is 165 Å². The molecule has 0 aliphatic rings. The summed E-state index contributed by atoms with van der Waals surface area (Å²) in [5, 5.41) is 2.70. The first kappa shape index (κ1) is 20.2. The molecule has 7 heteroatoms. The van der Waals surface area contributed by atoms with E-state index in [1.807, 2.05) is 0 Å². The molecule has 0 aromatic heterocycles. The Kier molecular flexibility index (Phi) is 7.41. The lowest BCUT2D eigenvalue weighted by molar-refractivity contribution is -0.116. The summed E-state index contributed by atoms with van der Waals surface area (Å²) in [5.74, 6) is -0.290. The van der Waals surface area contributed by atoms with Crippen molar-refractivity contribution in [1.29, 1.82) is 0 Å². The second-order valence-corrected chi connectivity index (χ2v) is 7.71. The van der Waals surface area contributed by atoms with Gasteiger partial charge in [0.25, 0.3) is 5.24 Å². The maximum absolute atomic E-state index is 12.1. The van der Waals surface area contributed by atoms with Gasteiger partial charge in [0.05, 0.1) is 0 Å². The Morgan fingerprint density at radius 1 is 0.962 bits per heavy atom. The van der Waals surface area contributed by atoms with Gasteiger partial charge in [-0.15, -0.1) is 0 Å². The van der Waals surface area contributed by atoms with Crippen LogP contribution in [0.4, 0.5) is 10.5 Å². The molecule has 0 saturated carbocycles. The summed E-state index contributed by atoms with van der Waals surface area (Å²) in [6, 6.07) is 14.1. The van der Waals surface area contributed by atoms with Gasteiger partial charge in [-0.25, -0.2) is 0 Å². The highest BCUT2D eigenvalue weighted by Crippen LogP contribution is 2.22. The smallest absolute Gasteiger partial charge is 0.285 e. The Hall–Kier alpha value is -2.12. The van der Waals surface area contributed by atoms with Crippen molar-refractivity contribution in [2.75, 3.05) is 19.4 Å². The fourth-order valence-electron chi connectivity index (χ4n) is 2.03. The number of rotatable bonds is 6. The lowest BCUT2D eigenvalue weighted by atomic mass is 10.1. The predicted octanol–water partition coefficient (Wildman–Crippen LogP) is 4.82. The van der Waals surface area contributed by atoms with Crippen molar-refractivity contribution in [2.24, 2.45) is 0 Å². The van der Waals surface area contributed by atoms with Crippen LogP contribution in [0.3, 0.4) is 0 Å². The third-order valence-corrected chi connectivity index (χ3v) is 5.03. The maximum atomic E-state index is 12.1. The zero-order chi connectivity index (χ0) is 19.1. The van der Waals surface area contributed by atoms with Gasteiger partial charge in [-0.3, -0.25) is 14.4 Å². The van der Waals surface area contributed by atoms with Crippen LogP contribution in [-0.4, -0.2) is 35.9 Å². The molecule has 0 atom stereocenters. The summed E-state index contributed by atoms with van der Waals surface area (Å²) >= 11 is 4.44. The molecule has 2 amide bonds.